The normalized spacial score (nSPS) is 10.6. The van der Waals surface area contributed by atoms with E-state index in [9.17, 15) is 18.4 Å². The van der Waals surface area contributed by atoms with Crippen LogP contribution >= 0.6 is 0 Å². The standard InChI is InChI=1S/C18H19F2N3O2/c1-11(2)5-7-22-17(24)12-6-8-21-16(9-12)18(25)23-13-3-4-14(19)15(20)10-13/h3-4,6,8-11H,5,7H2,1-2H3,(H,22,24)(H,23,25). The van der Waals surface area contributed by atoms with Gasteiger partial charge in [0.25, 0.3) is 11.8 Å². The van der Waals surface area contributed by atoms with Crippen molar-refractivity contribution in [3.63, 3.8) is 0 Å². The van der Waals surface area contributed by atoms with Crippen LogP contribution in [0.25, 0.3) is 0 Å². The molecule has 0 aliphatic rings. The molecule has 0 fully saturated rings. The lowest BCUT2D eigenvalue weighted by atomic mass is 10.1. The summed E-state index contributed by atoms with van der Waals surface area (Å²) >= 11 is 0. The number of nitrogens with zero attached hydrogens (tertiary/aromatic N) is 1. The summed E-state index contributed by atoms with van der Waals surface area (Å²) in [5, 5.41) is 5.18. The minimum Gasteiger partial charge on any atom is -0.352 e. The van der Waals surface area contributed by atoms with Gasteiger partial charge in [-0.05, 0) is 36.6 Å². The zero-order chi connectivity index (χ0) is 18.4. The zero-order valence-corrected chi connectivity index (χ0v) is 14.0. The molecule has 0 bridgehead atoms. The van der Waals surface area contributed by atoms with Gasteiger partial charge in [-0.25, -0.2) is 8.78 Å². The molecule has 25 heavy (non-hydrogen) atoms. The van der Waals surface area contributed by atoms with Crippen molar-refractivity contribution in [2.45, 2.75) is 20.3 Å². The fraction of sp³-hybridized carbons (Fsp3) is 0.278. The second-order valence-electron chi connectivity index (χ2n) is 5.95. The monoisotopic (exact) mass is 347 g/mol. The number of benzene rings is 1. The van der Waals surface area contributed by atoms with E-state index >= 15 is 0 Å². The van der Waals surface area contributed by atoms with Crippen LogP contribution in [0.5, 0.6) is 0 Å². The van der Waals surface area contributed by atoms with E-state index in [1.165, 1.54) is 24.4 Å². The van der Waals surface area contributed by atoms with E-state index in [1.54, 1.807) is 0 Å². The molecule has 1 aromatic carbocycles. The highest BCUT2D eigenvalue weighted by Crippen LogP contribution is 2.14. The Morgan fingerprint density at radius 2 is 1.84 bits per heavy atom. The van der Waals surface area contributed by atoms with Crippen molar-refractivity contribution in [1.29, 1.82) is 0 Å². The predicted molar refractivity (Wildman–Crippen MR) is 90.3 cm³/mol. The number of halogens is 2. The molecule has 2 rings (SSSR count). The molecule has 0 saturated heterocycles. The molecule has 5 nitrogen and oxygen atoms in total. The first-order valence-corrected chi connectivity index (χ1v) is 7.87. The van der Waals surface area contributed by atoms with Crippen LogP contribution in [0, 0.1) is 17.6 Å². The van der Waals surface area contributed by atoms with Gasteiger partial charge in [-0.1, -0.05) is 13.8 Å². The summed E-state index contributed by atoms with van der Waals surface area (Å²) in [5.74, 6) is -2.52. The highest BCUT2D eigenvalue weighted by Gasteiger charge is 2.13. The van der Waals surface area contributed by atoms with E-state index in [0.29, 0.717) is 18.0 Å². The van der Waals surface area contributed by atoms with E-state index in [2.05, 4.69) is 29.5 Å². The number of carbonyl (C=O) groups excluding carboxylic acids is 2. The lowest BCUT2D eigenvalue weighted by Gasteiger charge is -2.08. The van der Waals surface area contributed by atoms with Crippen LogP contribution in [0.1, 0.15) is 41.1 Å². The molecule has 132 valence electrons. The molecule has 1 heterocycles. The van der Waals surface area contributed by atoms with Gasteiger partial charge in [-0.3, -0.25) is 14.6 Å². The Hall–Kier alpha value is -2.83. The van der Waals surface area contributed by atoms with Crippen LogP contribution in [-0.2, 0) is 0 Å². The average molecular weight is 347 g/mol. The van der Waals surface area contributed by atoms with Crippen molar-refractivity contribution in [1.82, 2.24) is 10.3 Å². The highest BCUT2D eigenvalue weighted by molar-refractivity contribution is 6.04. The van der Waals surface area contributed by atoms with Crippen molar-refractivity contribution in [2.75, 3.05) is 11.9 Å². The number of pyridine rings is 1. The molecule has 0 radical (unpaired) electrons. The van der Waals surface area contributed by atoms with Gasteiger partial charge in [-0.15, -0.1) is 0 Å². The molecular formula is C18H19F2N3O2. The third kappa shape index (κ3) is 5.34. The molecule has 7 heteroatoms. The second kappa shape index (κ2) is 8.32. The second-order valence-corrected chi connectivity index (χ2v) is 5.95. The van der Waals surface area contributed by atoms with Gasteiger partial charge in [-0.2, -0.15) is 0 Å². The van der Waals surface area contributed by atoms with Crippen LogP contribution in [0.4, 0.5) is 14.5 Å². The summed E-state index contributed by atoms with van der Waals surface area (Å²) in [6.45, 7) is 4.65. The van der Waals surface area contributed by atoms with Gasteiger partial charge >= 0.3 is 0 Å². The Morgan fingerprint density at radius 1 is 1.08 bits per heavy atom. The van der Waals surface area contributed by atoms with E-state index in [4.69, 9.17) is 0 Å². The van der Waals surface area contributed by atoms with Crippen molar-refractivity contribution in [3.8, 4) is 0 Å². The number of hydrogen-bond acceptors (Lipinski definition) is 3. The quantitative estimate of drug-likeness (QED) is 0.841. The van der Waals surface area contributed by atoms with Crippen LogP contribution in [0.3, 0.4) is 0 Å². The van der Waals surface area contributed by atoms with Crippen LogP contribution in [-0.4, -0.2) is 23.3 Å². The first kappa shape index (κ1) is 18.5. The third-order valence-electron chi connectivity index (χ3n) is 3.44. The number of aromatic nitrogens is 1. The number of anilines is 1. The molecule has 2 amide bonds. The minimum atomic E-state index is -1.07. The number of rotatable bonds is 6. The lowest BCUT2D eigenvalue weighted by molar-refractivity contribution is 0.0952. The zero-order valence-electron chi connectivity index (χ0n) is 14.0. The summed E-state index contributed by atoms with van der Waals surface area (Å²) in [7, 11) is 0. The number of nitrogens with one attached hydrogen (secondary N) is 2. The maximum Gasteiger partial charge on any atom is 0.274 e. The third-order valence-corrected chi connectivity index (χ3v) is 3.44. The van der Waals surface area contributed by atoms with Crippen molar-refractivity contribution in [3.05, 3.63) is 59.4 Å². The molecule has 1 aromatic heterocycles. The Labute approximate surface area is 144 Å². The van der Waals surface area contributed by atoms with Gasteiger partial charge in [0.15, 0.2) is 11.6 Å². The largest absolute Gasteiger partial charge is 0.352 e. The van der Waals surface area contributed by atoms with Gasteiger partial charge in [0, 0.05) is 30.1 Å². The maximum absolute atomic E-state index is 13.2. The Bertz CT molecular complexity index is 779. The average Bonchev–Trinajstić information content (AvgIpc) is 2.58. The highest BCUT2D eigenvalue weighted by atomic mass is 19.2. The van der Waals surface area contributed by atoms with E-state index < -0.39 is 17.5 Å². The summed E-state index contributed by atoms with van der Waals surface area (Å²) in [5.41, 5.74) is 0.396. The smallest absolute Gasteiger partial charge is 0.274 e. The van der Waals surface area contributed by atoms with Gasteiger partial charge < -0.3 is 10.6 Å². The molecule has 0 aliphatic carbocycles. The van der Waals surface area contributed by atoms with Gasteiger partial charge in [0.1, 0.15) is 5.69 Å². The van der Waals surface area contributed by atoms with Gasteiger partial charge in [0.2, 0.25) is 0 Å². The Morgan fingerprint density at radius 3 is 2.52 bits per heavy atom. The number of hydrogen-bond donors (Lipinski definition) is 2. The van der Waals surface area contributed by atoms with Gasteiger partial charge in [0.05, 0.1) is 0 Å². The lowest BCUT2D eigenvalue weighted by Crippen LogP contribution is -2.26. The maximum atomic E-state index is 13.2. The van der Waals surface area contributed by atoms with E-state index in [-0.39, 0.29) is 17.3 Å². The van der Waals surface area contributed by atoms with Crippen molar-refractivity contribution < 1.29 is 18.4 Å². The van der Waals surface area contributed by atoms with Crippen LogP contribution < -0.4 is 10.6 Å². The van der Waals surface area contributed by atoms with Crippen LogP contribution in [0.15, 0.2) is 36.5 Å². The topological polar surface area (TPSA) is 71.1 Å². The molecule has 2 aromatic rings. The molecule has 0 unspecified atom stereocenters. The minimum absolute atomic E-state index is 0.00115. The predicted octanol–water partition coefficient (Wildman–Crippen LogP) is 3.39. The molecule has 0 spiro atoms. The molecule has 0 atom stereocenters. The first-order valence-electron chi connectivity index (χ1n) is 7.87. The summed E-state index contributed by atoms with van der Waals surface area (Å²) in [4.78, 5) is 28.2. The number of carbonyl (C=O) groups is 2. The number of amides is 2. The fourth-order valence-corrected chi connectivity index (χ4v) is 2.04. The molecule has 0 saturated carbocycles. The summed E-state index contributed by atoms with van der Waals surface area (Å²) < 4.78 is 26.1. The fourth-order valence-electron chi connectivity index (χ4n) is 2.04. The van der Waals surface area contributed by atoms with E-state index in [1.807, 2.05) is 0 Å². The van der Waals surface area contributed by atoms with Crippen molar-refractivity contribution >= 4 is 17.5 Å². The van der Waals surface area contributed by atoms with Crippen LogP contribution in [0.2, 0.25) is 0 Å². The SMILES string of the molecule is CC(C)CCNC(=O)c1ccnc(C(=O)Nc2ccc(F)c(F)c2)c1. The molecule has 2 N–H and O–H groups in total. The summed E-state index contributed by atoms with van der Waals surface area (Å²) in [6, 6.07) is 5.87. The van der Waals surface area contributed by atoms with E-state index in [0.717, 1.165) is 18.6 Å². The first-order chi connectivity index (χ1) is 11.9. The molecular weight excluding hydrogens is 328 g/mol. The summed E-state index contributed by atoms with van der Waals surface area (Å²) in [6.07, 6.45) is 2.19. The Balaban J connectivity index is 2.05. The Kier molecular flexibility index (Phi) is 6.16. The van der Waals surface area contributed by atoms with Crippen molar-refractivity contribution in [2.24, 2.45) is 5.92 Å². The molecule has 0 aliphatic heterocycles.